The largest absolute Gasteiger partial charge is 0.354 e. The second-order valence-electron chi connectivity index (χ2n) is 5.24. The molecule has 0 aliphatic carbocycles. The van der Waals surface area contributed by atoms with Crippen LogP contribution >= 0.6 is 0 Å². The third kappa shape index (κ3) is 4.53. The molecule has 1 atom stereocenters. The predicted molar refractivity (Wildman–Crippen MR) is 68.4 cm³/mol. The van der Waals surface area contributed by atoms with Crippen LogP contribution in [0.2, 0.25) is 0 Å². The molecule has 0 aromatic carbocycles. The standard InChI is InChI=1S/C13H21N3O/c1-13(2,3)11(14)12(17)16-9-6-10-4-7-15-8-5-10/h4-5,7-8,11H,6,9,14H2,1-3H3,(H,16,17)/t11-/m1/s1. The van der Waals surface area contributed by atoms with Gasteiger partial charge >= 0.3 is 0 Å². The molecular weight excluding hydrogens is 214 g/mol. The number of aromatic nitrogens is 1. The van der Waals surface area contributed by atoms with Crippen LogP contribution in [0.1, 0.15) is 26.3 Å². The van der Waals surface area contributed by atoms with Crippen molar-refractivity contribution in [3.63, 3.8) is 0 Å². The summed E-state index contributed by atoms with van der Waals surface area (Å²) in [7, 11) is 0. The third-order valence-corrected chi connectivity index (χ3v) is 2.68. The van der Waals surface area contributed by atoms with Gasteiger partial charge in [-0.25, -0.2) is 0 Å². The average Bonchev–Trinajstić information content (AvgIpc) is 2.28. The van der Waals surface area contributed by atoms with Crippen molar-refractivity contribution in [2.24, 2.45) is 11.1 Å². The number of rotatable bonds is 4. The second-order valence-corrected chi connectivity index (χ2v) is 5.24. The van der Waals surface area contributed by atoms with Gasteiger partial charge in [0.2, 0.25) is 5.91 Å². The zero-order valence-electron chi connectivity index (χ0n) is 10.7. The molecule has 0 radical (unpaired) electrons. The minimum absolute atomic E-state index is 0.0912. The lowest BCUT2D eigenvalue weighted by Crippen LogP contribution is -2.48. The van der Waals surface area contributed by atoms with Crippen molar-refractivity contribution in [3.8, 4) is 0 Å². The van der Waals surface area contributed by atoms with E-state index in [9.17, 15) is 4.79 Å². The van der Waals surface area contributed by atoms with Gasteiger partial charge in [0.25, 0.3) is 0 Å². The maximum atomic E-state index is 11.7. The highest BCUT2D eigenvalue weighted by molar-refractivity contribution is 5.82. The normalized spacial score (nSPS) is 13.2. The lowest BCUT2D eigenvalue weighted by Gasteiger charge is -2.25. The summed E-state index contributed by atoms with van der Waals surface area (Å²) in [6.07, 6.45) is 4.29. The molecule has 94 valence electrons. The Balaban J connectivity index is 2.35. The van der Waals surface area contributed by atoms with Crippen LogP contribution in [0.4, 0.5) is 0 Å². The van der Waals surface area contributed by atoms with E-state index in [1.807, 2.05) is 32.9 Å². The molecule has 17 heavy (non-hydrogen) atoms. The van der Waals surface area contributed by atoms with Crippen LogP contribution in [-0.2, 0) is 11.2 Å². The van der Waals surface area contributed by atoms with Gasteiger partial charge < -0.3 is 11.1 Å². The number of nitrogens with one attached hydrogen (secondary N) is 1. The van der Waals surface area contributed by atoms with E-state index < -0.39 is 6.04 Å². The van der Waals surface area contributed by atoms with Crippen LogP contribution in [0.15, 0.2) is 24.5 Å². The molecule has 0 aliphatic heterocycles. The van der Waals surface area contributed by atoms with Crippen LogP contribution in [-0.4, -0.2) is 23.5 Å². The fraction of sp³-hybridized carbons (Fsp3) is 0.538. The van der Waals surface area contributed by atoms with Crippen LogP contribution in [0.25, 0.3) is 0 Å². The minimum Gasteiger partial charge on any atom is -0.354 e. The van der Waals surface area contributed by atoms with Crippen LogP contribution in [0, 0.1) is 5.41 Å². The molecule has 0 fully saturated rings. The SMILES string of the molecule is CC(C)(C)[C@H](N)C(=O)NCCc1ccncc1. The van der Waals surface area contributed by atoms with Gasteiger partial charge in [0.05, 0.1) is 6.04 Å². The summed E-state index contributed by atoms with van der Waals surface area (Å²) in [5, 5.41) is 2.85. The predicted octanol–water partition coefficient (Wildman–Crippen LogP) is 1.11. The fourth-order valence-corrected chi connectivity index (χ4v) is 1.38. The van der Waals surface area contributed by atoms with Gasteiger partial charge in [-0.3, -0.25) is 9.78 Å². The van der Waals surface area contributed by atoms with Gasteiger partial charge in [-0.05, 0) is 29.5 Å². The van der Waals surface area contributed by atoms with Crippen molar-refractivity contribution in [2.45, 2.75) is 33.2 Å². The van der Waals surface area contributed by atoms with Gasteiger partial charge in [-0.15, -0.1) is 0 Å². The third-order valence-electron chi connectivity index (χ3n) is 2.68. The van der Waals surface area contributed by atoms with Gasteiger partial charge in [0.15, 0.2) is 0 Å². The van der Waals surface area contributed by atoms with E-state index in [0.29, 0.717) is 6.54 Å². The first-order chi connectivity index (χ1) is 7.91. The highest BCUT2D eigenvalue weighted by Crippen LogP contribution is 2.16. The summed E-state index contributed by atoms with van der Waals surface area (Å²) in [5.74, 6) is -0.0912. The summed E-state index contributed by atoms with van der Waals surface area (Å²) >= 11 is 0. The number of amides is 1. The second kappa shape index (κ2) is 5.77. The molecule has 1 heterocycles. The molecule has 3 N–H and O–H groups in total. The Morgan fingerprint density at radius 2 is 2.00 bits per heavy atom. The zero-order valence-corrected chi connectivity index (χ0v) is 10.7. The Kier molecular flexibility index (Phi) is 4.63. The van der Waals surface area contributed by atoms with Crippen LogP contribution < -0.4 is 11.1 Å². The summed E-state index contributed by atoms with van der Waals surface area (Å²) < 4.78 is 0. The van der Waals surface area contributed by atoms with Gasteiger partial charge in [-0.1, -0.05) is 20.8 Å². The Hall–Kier alpha value is -1.42. The first-order valence-electron chi connectivity index (χ1n) is 5.83. The molecular formula is C13H21N3O. The molecule has 0 aliphatic rings. The molecule has 0 spiro atoms. The lowest BCUT2D eigenvalue weighted by atomic mass is 9.87. The van der Waals surface area contributed by atoms with Gasteiger partial charge in [0, 0.05) is 18.9 Å². The van der Waals surface area contributed by atoms with Crippen LogP contribution in [0.5, 0.6) is 0 Å². The van der Waals surface area contributed by atoms with E-state index in [4.69, 9.17) is 5.73 Å². The summed E-state index contributed by atoms with van der Waals surface area (Å²) in [4.78, 5) is 15.7. The first-order valence-corrected chi connectivity index (χ1v) is 5.83. The molecule has 0 unspecified atom stereocenters. The highest BCUT2D eigenvalue weighted by atomic mass is 16.2. The minimum atomic E-state index is -0.472. The molecule has 4 heteroatoms. The van der Waals surface area contributed by atoms with E-state index in [0.717, 1.165) is 12.0 Å². The summed E-state index contributed by atoms with van der Waals surface area (Å²) in [6.45, 7) is 6.48. The van der Waals surface area contributed by atoms with Crippen molar-refractivity contribution < 1.29 is 4.79 Å². The monoisotopic (exact) mass is 235 g/mol. The van der Waals surface area contributed by atoms with Gasteiger partial charge in [-0.2, -0.15) is 0 Å². The number of pyridine rings is 1. The highest BCUT2D eigenvalue weighted by Gasteiger charge is 2.26. The molecule has 4 nitrogen and oxygen atoms in total. The smallest absolute Gasteiger partial charge is 0.237 e. The van der Waals surface area contributed by atoms with Crippen molar-refractivity contribution >= 4 is 5.91 Å². The molecule has 1 aromatic rings. The first kappa shape index (κ1) is 13.6. The van der Waals surface area contributed by atoms with E-state index in [-0.39, 0.29) is 11.3 Å². The summed E-state index contributed by atoms with van der Waals surface area (Å²) in [5.41, 5.74) is 6.80. The van der Waals surface area contributed by atoms with Crippen molar-refractivity contribution in [3.05, 3.63) is 30.1 Å². The number of hydrogen-bond donors (Lipinski definition) is 2. The quantitative estimate of drug-likeness (QED) is 0.821. The number of hydrogen-bond acceptors (Lipinski definition) is 3. The van der Waals surface area contributed by atoms with E-state index in [2.05, 4.69) is 10.3 Å². The summed E-state index contributed by atoms with van der Waals surface area (Å²) in [6, 6.07) is 3.41. The molecule has 1 aromatic heterocycles. The maximum Gasteiger partial charge on any atom is 0.237 e. The zero-order chi connectivity index (χ0) is 12.9. The number of nitrogens with zero attached hydrogens (tertiary/aromatic N) is 1. The molecule has 1 amide bonds. The average molecular weight is 235 g/mol. The van der Waals surface area contributed by atoms with Crippen molar-refractivity contribution in [1.29, 1.82) is 0 Å². The molecule has 0 saturated heterocycles. The molecule has 1 rings (SSSR count). The Morgan fingerprint density at radius 1 is 1.41 bits per heavy atom. The number of nitrogens with two attached hydrogens (primary N) is 1. The molecule has 0 bridgehead atoms. The molecule has 0 saturated carbocycles. The number of carbonyl (C=O) groups is 1. The van der Waals surface area contributed by atoms with E-state index in [1.54, 1.807) is 12.4 Å². The maximum absolute atomic E-state index is 11.7. The van der Waals surface area contributed by atoms with Gasteiger partial charge in [0.1, 0.15) is 0 Å². The van der Waals surface area contributed by atoms with E-state index in [1.165, 1.54) is 0 Å². The van der Waals surface area contributed by atoms with Crippen molar-refractivity contribution in [2.75, 3.05) is 6.54 Å². The Bertz CT molecular complexity index is 357. The Labute approximate surface area is 103 Å². The Morgan fingerprint density at radius 3 is 2.53 bits per heavy atom. The lowest BCUT2D eigenvalue weighted by molar-refractivity contribution is -0.124. The number of carbonyl (C=O) groups excluding carboxylic acids is 1. The van der Waals surface area contributed by atoms with Crippen LogP contribution in [0.3, 0.4) is 0 Å². The topological polar surface area (TPSA) is 68.0 Å². The van der Waals surface area contributed by atoms with Crippen molar-refractivity contribution in [1.82, 2.24) is 10.3 Å². The van der Waals surface area contributed by atoms with E-state index >= 15 is 0 Å². The fourth-order valence-electron chi connectivity index (χ4n) is 1.38.